The van der Waals surface area contributed by atoms with Gasteiger partial charge in [-0.3, -0.25) is 14.6 Å². The van der Waals surface area contributed by atoms with Crippen molar-refractivity contribution < 1.29 is 4.79 Å². The van der Waals surface area contributed by atoms with Crippen LogP contribution in [0.5, 0.6) is 0 Å². The summed E-state index contributed by atoms with van der Waals surface area (Å²) in [4.78, 5) is 40.9. The number of amides is 1. The lowest BCUT2D eigenvalue weighted by atomic mass is 9.97. The Kier molecular flexibility index (Phi) is 4.16. The van der Waals surface area contributed by atoms with Crippen LogP contribution in [0.3, 0.4) is 0 Å². The largest absolute Gasteiger partial charge is 0.351 e. The van der Waals surface area contributed by atoms with E-state index in [2.05, 4.69) is 20.2 Å². The van der Waals surface area contributed by atoms with E-state index in [0.717, 1.165) is 25.9 Å². The maximum absolute atomic E-state index is 12.0. The summed E-state index contributed by atoms with van der Waals surface area (Å²) in [6.45, 7) is 1.89. The van der Waals surface area contributed by atoms with Crippen LogP contribution in [0.1, 0.15) is 18.4 Å². The van der Waals surface area contributed by atoms with E-state index >= 15 is 0 Å². The van der Waals surface area contributed by atoms with Crippen molar-refractivity contribution in [2.75, 3.05) is 20.1 Å². The fourth-order valence-corrected chi connectivity index (χ4v) is 2.28. The Morgan fingerprint density at radius 2 is 2.32 bits per heavy atom. The van der Waals surface area contributed by atoms with Gasteiger partial charge in [-0.2, -0.15) is 0 Å². The average Bonchev–Trinajstić information content (AvgIpc) is 2.37. The van der Waals surface area contributed by atoms with Gasteiger partial charge in [0.1, 0.15) is 0 Å². The number of carbonyl (C=O) groups is 1. The molecular formula is C12H18N4O3. The second-order valence-corrected chi connectivity index (χ2v) is 4.92. The van der Waals surface area contributed by atoms with Gasteiger partial charge < -0.3 is 15.2 Å². The molecule has 1 aromatic rings. The van der Waals surface area contributed by atoms with Crippen LogP contribution in [0.2, 0.25) is 0 Å². The second kappa shape index (κ2) is 5.83. The van der Waals surface area contributed by atoms with Crippen molar-refractivity contribution in [2.45, 2.75) is 19.4 Å². The van der Waals surface area contributed by atoms with Gasteiger partial charge in [0.05, 0.1) is 11.5 Å². The highest BCUT2D eigenvalue weighted by atomic mass is 16.2. The lowest BCUT2D eigenvalue weighted by Gasteiger charge is -2.28. The fraction of sp³-hybridized carbons (Fsp3) is 0.583. The summed E-state index contributed by atoms with van der Waals surface area (Å²) in [6, 6.07) is 0. The van der Waals surface area contributed by atoms with Crippen molar-refractivity contribution in [1.82, 2.24) is 20.2 Å². The van der Waals surface area contributed by atoms with Crippen LogP contribution in [-0.2, 0) is 11.3 Å². The highest BCUT2D eigenvalue weighted by molar-refractivity contribution is 5.78. The summed E-state index contributed by atoms with van der Waals surface area (Å²) in [6.07, 6.45) is 3.21. The van der Waals surface area contributed by atoms with Crippen molar-refractivity contribution in [1.29, 1.82) is 0 Å². The maximum Gasteiger partial charge on any atom is 0.325 e. The molecule has 19 heavy (non-hydrogen) atoms. The molecule has 2 heterocycles. The van der Waals surface area contributed by atoms with Crippen molar-refractivity contribution in [3.8, 4) is 0 Å². The van der Waals surface area contributed by atoms with Gasteiger partial charge in [0.15, 0.2) is 0 Å². The monoisotopic (exact) mass is 266 g/mol. The number of carbonyl (C=O) groups excluding carboxylic acids is 1. The fourth-order valence-electron chi connectivity index (χ4n) is 2.28. The second-order valence-electron chi connectivity index (χ2n) is 4.92. The highest BCUT2D eigenvalue weighted by Crippen LogP contribution is 2.14. The number of aromatic amines is 2. The molecule has 0 saturated carbocycles. The molecule has 1 aliphatic rings. The van der Waals surface area contributed by atoms with Crippen molar-refractivity contribution in [3.63, 3.8) is 0 Å². The molecule has 7 nitrogen and oxygen atoms in total. The van der Waals surface area contributed by atoms with Crippen LogP contribution in [-0.4, -0.2) is 40.9 Å². The van der Waals surface area contributed by atoms with Crippen molar-refractivity contribution in [2.24, 2.45) is 5.92 Å². The van der Waals surface area contributed by atoms with Crippen LogP contribution in [0, 0.1) is 5.92 Å². The van der Waals surface area contributed by atoms with E-state index in [9.17, 15) is 14.4 Å². The Hall–Kier alpha value is -1.89. The summed E-state index contributed by atoms with van der Waals surface area (Å²) < 4.78 is 0. The van der Waals surface area contributed by atoms with E-state index in [4.69, 9.17) is 0 Å². The van der Waals surface area contributed by atoms with Gasteiger partial charge in [0, 0.05) is 19.3 Å². The molecule has 0 aliphatic carbocycles. The molecule has 104 valence electrons. The molecule has 1 amide bonds. The third-order valence-corrected chi connectivity index (χ3v) is 3.34. The molecule has 1 aromatic heterocycles. The quantitative estimate of drug-likeness (QED) is 0.655. The van der Waals surface area contributed by atoms with Crippen molar-refractivity contribution >= 4 is 5.91 Å². The predicted molar refractivity (Wildman–Crippen MR) is 69.8 cm³/mol. The predicted octanol–water partition coefficient (Wildman–Crippen LogP) is -0.979. The molecule has 1 saturated heterocycles. The van der Waals surface area contributed by atoms with Crippen LogP contribution in [0.4, 0.5) is 0 Å². The molecule has 0 spiro atoms. The smallest absolute Gasteiger partial charge is 0.325 e. The lowest BCUT2D eigenvalue weighted by Crippen LogP contribution is -2.41. The molecule has 2 rings (SSSR count). The number of nitrogens with zero attached hydrogens (tertiary/aromatic N) is 1. The summed E-state index contributed by atoms with van der Waals surface area (Å²) in [5.74, 6) is -0.0715. The summed E-state index contributed by atoms with van der Waals surface area (Å²) in [5, 5.41) is 2.74. The number of hydrogen-bond donors (Lipinski definition) is 3. The van der Waals surface area contributed by atoms with E-state index in [1.807, 2.05) is 7.05 Å². The Bertz CT molecular complexity index is 563. The average molecular weight is 266 g/mol. The zero-order valence-electron chi connectivity index (χ0n) is 10.9. The van der Waals surface area contributed by atoms with Gasteiger partial charge in [0.2, 0.25) is 5.91 Å². The van der Waals surface area contributed by atoms with Gasteiger partial charge >= 0.3 is 5.69 Å². The standard InChI is InChI=1S/C12H18N4O3/c1-16-4-2-3-8(7-16)10(17)13-5-9-6-14-12(19)15-11(9)18/h6,8H,2-5,7H2,1H3,(H,13,17)(H2,14,15,18,19). The minimum atomic E-state index is -0.547. The zero-order chi connectivity index (χ0) is 13.8. The topological polar surface area (TPSA) is 98.1 Å². The minimum absolute atomic E-state index is 0.0272. The minimum Gasteiger partial charge on any atom is -0.351 e. The lowest BCUT2D eigenvalue weighted by molar-refractivity contribution is -0.126. The third-order valence-electron chi connectivity index (χ3n) is 3.34. The van der Waals surface area contributed by atoms with E-state index < -0.39 is 11.2 Å². The molecule has 0 bridgehead atoms. The molecule has 3 N–H and O–H groups in total. The maximum atomic E-state index is 12.0. The van der Waals surface area contributed by atoms with E-state index in [0.29, 0.717) is 5.56 Å². The van der Waals surface area contributed by atoms with E-state index in [-0.39, 0.29) is 18.4 Å². The first-order valence-corrected chi connectivity index (χ1v) is 6.33. The number of rotatable bonds is 3. The molecule has 1 atom stereocenters. The first-order valence-electron chi connectivity index (χ1n) is 6.33. The SMILES string of the molecule is CN1CCCC(C(=O)NCc2c[nH]c(=O)[nH]c2=O)C1. The normalized spacial score (nSPS) is 20.2. The number of likely N-dealkylation sites (tertiary alicyclic amines) is 1. The Morgan fingerprint density at radius 1 is 1.53 bits per heavy atom. The van der Waals surface area contributed by atoms with Gasteiger partial charge in [-0.15, -0.1) is 0 Å². The summed E-state index contributed by atoms with van der Waals surface area (Å²) >= 11 is 0. The summed E-state index contributed by atoms with van der Waals surface area (Å²) in [7, 11) is 1.99. The van der Waals surface area contributed by atoms with Gasteiger partial charge in [-0.05, 0) is 26.4 Å². The Labute approximate surface area is 110 Å². The van der Waals surface area contributed by atoms with Crippen LogP contribution >= 0.6 is 0 Å². The molecule has 1 aliphatic heterocycles. The molecule has 1 fully saturated rings. The van der Waals surface area contributed by atoms with E-state index in [1.165, 1.54) is 6.20 Å². The number of H-pyrrole nitrogens is 2. The Morgan fingerprint density at radius 3 is 3.00 bits per heavy atom. The van der Waals surface area contributed by atoms with Crippen LogP contribution in [0.15, 0.2) is 15.8 Å². The first kappa shape index (κ1) is 13.5. The van der Waals surface area contributed by atoms with Gasteiger partial charge in [-0.1, -0.05) is 0 Å². The molecule has 0 radical (unpaired) electrons. The number of aromatic nitrogens is 2. The molecular weight excluding hydrogens is 248 g/mol. The van der Waals surface area contributed by atoms with Crippen molar-refractivity contribution in [3.05, 3.63) is 32.6 Å². The van der Waals surface area contributed by atoms with Crippen LogP contribution < -0.4 is 16.6 Å². The van der Waals surface area contributed by atoms with E-state index in [1.54, 1.807) is 0 Å². The highest BCUT2D eigenvalue weighted by Gasteiger charge is 2.23. The number of hydrogen-bond acceptors (Lipinski definition) is 4. The molecule has 0 aromatic carbocycles. The van der Waals surface area contributed by atoms with Crippen LogP contribution in [0.25, 0.3) is 0 Å². The third kappa shape index (κ3) is 3.54. The number of piperidine rings is 1. The molecule has 7 heteroatoms. The summed E-state index contributed by atoms with van der Waals surface area (Å²) in [5.41, 5.74) is -0.670. The van der Waals surface area contributed by atoms with Gasteiger partial charge in [-0.25, -0.2) is 4.79 Å². The molecule has 1 unspecified atom stereocenters. The van der Waals surface area contributed by atoms with Gasteiger partial charge in [0.25, 0.3) is 5.56 Å². The zero-order valence-corrected chi connectivity index (χ0v) is 10.9. The number of nitrogens with one attached hydrogen (secondary N) is 3. The Balaban J connectivity index is 1.93. The first-order chi connectivity index (χ1) is 9.06.